The minimum absolute atomic E-state index is 0.159. The number of amides is 1. The molecule has 400 valence electrons. The highest BCUT2D eigenvalue weighted by Crippen LogP contribution is 2.23. The summed E-state index contributed by atoms with van der Waals surface area (Å²) in [6.45, 7) is 3.62. The van der Waals surface area contributed by atoms with Crippen LogP contribution in [0.5, 0.6) is 0 Å². The molecule has 9 heteroatoms. The van der Waals surface area contributed by atoms with E-state index in [0.717, 1.165) is 128 Å². The average Bonchev–Trinajstić information content (AvgIpc) is 3.37. The SMILES string of the molecule is CC/C=C\C/C=C\C/C=C\C/C=C\C/C=C\C/C=C\C/C=C\C/C=C\C/C=C\C/C=C\C/C=C\C/C=C\CCCCCCC(=O)NC(COC1OC(CO)C(O)C(O)C1O)C(O)CCCCCCCCC. The minimum Gasteiger partial charge on any atom is -0.394 e. The number of unbranched alkanes of at least 4 members (excludes halogenated alkanes) is 10. The van der Waals surface area contributed by atoms with Crippen molar-refractivity contribution in [2.75, 3.05) is 13.2 Å². The van der Waals surface area contributed by atoms with Gasteiger partial charge in [0.1, 0.15) is 24.4 Å². The van der Waals surface area contributed by atoms with Gasteiger partial charge in [0, 0.05) is 6.42 Å². The maximum atomic E-state index is 12.9. The number of hydrogen-bond acceptors (Lipinski definition) is 8. The van der Waals surface area contributed by atoms with Gasteiger partial charge in [-0.2, -0.15) is 0 Å². The van der Waals surface area contributed by atoms with Gasteiger partial charge in [0.05, 0.1) is 25.4 Å². The van der Waals surface area contributed by atoms with Crippen LogP contribution in [0.4, 0.5) is 0 Å². The summed E-state index contributed by atoms with van der Waals surface area (Å²) in [5, 5.41) is 54.1. The van der Waals surface area contributed by atoms with Crippen LogP contribution in [0.15, 0.2) is 146 Å². The Kier molecular flexibility index (Phi) is 45.5. The molecular weight excluding hydrogens is 887 g/mol. The van der Waals surface area contributed by atoms with E-state index in [1.807, 2.05) is 0 Å². The van der Waals surface area contributed by atoms with Gasteiger partial charge >= 0.3 is 0 Å². The molecule has 7 unspecified atom stereocenters. The molecule has 0 aromatic rings. The minimum atomic E-state index is -1.56. The summed E-state index contributed by atoms with van der Waals surface area (Å²) in [5.41, 5.74) is 0. The van der Waals surface area contributed by atoms with Gasteiger partial charge in [-0.25, -0.2) is 0 Å². The molecule has 0 aromatic heterocycles. The van der Waals surface area contributed by atoms with Crippen LogP contribution in [0.2, 0.25) is 0 Å². The van der Waals surface area contributed by atoms with Crippen LogP contribution in [0.1, 0.15) is 181 Å². The molecule has 71 heavy (non-hydrogen) atoms. The Morgan fingerprint density at radius 2 is 0.873 bits per heavy atom. The average molecular weight is 986 g/mol. The van der Waals surface area contributed by atoms with Crippen molar-refractivity contribution in [3.8, 4) is 0 Å². The van der Waals surface area contributed by atoms with Crippen molar-refractivity contribution in [2.45, 2.75) is 224 Å². The van der Waals surface area contributed by atoms with Gasteiger partial charge in [0.25, 0.3) is 0 Å². The molecule has 0 spiro atoms. The predicted octanol–water partition coefficient (Wildman–Crippen LogP) is 13.5. The molecule has 1 heterocycles. The van der Waals surface area contributed by atoms with E-state index in [1.54, 1.807) is 0 Å². The van der Waals surface area contributed by atoms with E-state index in [4.69, 9.17) is 9.47 Å². The van der Waals surface area contributed by atoms with Gasteiger partial charge in [0.2, 0.25) is 5.91 Å². The zero-order valence-corrected chi connectivity index (χ0v) is 44.2. The highest BCUT2D eigenvalue weighted by atomic mass is 16.7. The number of carbonyl (C=O) groups excluding carboxylic acids is 1. The summed E-state index contributed by atoms with van der Waals surface area (Å²) in [6.07, 6.45) is 70.5. The van der Waals surface area contributed by atoms with Crippen LogP contribution in [0, 0.1) is 0 Å². The van der Waals surface area contributed by atoms with Crippen molar-refractivity contribution in [3.05, 3.63) is 146 Å². The van der Waals surface area contributed by atoms with Crippen LogP contribution in [0.3, 0.4) is 0 Å². The zero-order chi connectivity index (χ0) is 51.5. The normalized spacial score (nSPS) is 20.5. The Hall–Kier alpha value is -3.93. The molecule has 1 amide bonds. The van der Waals surface area contributed by atoms with E-state index in [-0.39, 0.29) is 12.5 Å². The lowest BCUT2D eigenvalue weighted by Gasteiger charge is -2.40. The number of rotatable bonds is 44. The number of carbonyl (C=O) groups is 1. The molecule has 1 saturated heterocycles. The van der Waals surface area contributed by atoms with Gasteiger partial charge in [-0.3, -0.25) is 4.79 Å². The molecule has 9 nitrogen and oxygen atoms in total. The quantitative estimate of drug-likeness (QED) is 0.0261. The van der Waals surface area contributed by atoms with Gasteiger partial charge in [-0.05, 0) is 103 Å². The molecule has 1 fully saturated rings. The Morgan fingerprint density at radius 3 is 1.30 bits per heavy atom. The molecule has 0 saturated carbocycles. The fourth-order valence-corrected chi connectivity index (χ4v) is 7.61. The summed E-state index contributed by atoms with van der Waals surface area (Å²) in [6, 6.07) is -0.740. The molecular formula is C62H99NO8. The molecule has 6 N–H and O–H groups in total. The number of allylic oxidation sites excluding steroid dienone is 24. The van der Waals surface area contributed by atoms with Crippen LogP contribution in [-0.2, 0) is 14.3 Å². The van der Waals surface area contributed by atoms with Crippen LogP contribution >= 0.6 is 0 Å². The number of aliphatic hydroxyl groups excluding tert-OH is 5. The third-order valence-corrected chi connectivity index (χ3v) is 12.0. The second-order valence-electron chi connectivity index (χ2n) is 18.3. The Labute approximate surface area is 432 Å². The number of nitrogens with one attached hydrogen (secondary N) is 1. The van der Waals surface area contributed by atoms with Crippen molar-refractivity contribution < 1.29 is 39.8 Å². The summed E-state index contributed by atoms with van der Waals surface area (Å²) in [7, 11) is 0. The second-order valence-corrected chi connectivity index (χ2v) is 18.3. The smallest absolute Gasteiger partial charge is 0.220 e. The number of hydrogen-bond donors (Lipinski definition) is 6. The van der Waals surface area contributed by atoms with E-state index >= 15 is 0 Å². The standard InChI is InChI=1S/C62H99NO8/c1-3-5-7-9-11-12-13-14-15-16-17-18-19-20-21-22-23-24-25-26-27-28-29-30-31-32-33-34-35-36-37-38-39-40-41-42-43-44-46-48-50-52-58(66)63-55(56(65)51-49-47-45-10-8-6-4-2)54-70-62-61(69)60(68)59(67)57(53-64)71-62/h5,7,11-12,14-15,17-18,20-21,23-24,26-27,29-30,32-33,35-36,38-39,41-42,55-57,59-62,64-65,67-69H,3-4,6,8-10,13,16,19,22,25,28,31,34,37,40,43-54H2,1-2H3,(H,63,66)/b7-5-,12-11-,15-14-,18-17-,21-20-,24-23-,27-26-,30-29-,33-32-,36-35-,39-38-,42-41-. The molecule has 7 atom stereocenters. The molecule has 1 aliphatic heterocycles. The molecule has 0 aliphatic carbocycles. The maximum absolute atomic E-state index is 12.9. The van der Waals surface area contributed by atoms with Gasteiger partial charge in [0.15, 0.2) is 6.29 Å². The van der Waals surface area contributed by atoms with Crippen molar-refractivity contribution in [3.63, 3.8) is 0 Å². The Morgan fingerprint density at radius 1 is 0.493 bits per heavy atom. The molecule has 0 bridgehead atoms. The molecule has 0 radical (unpaired) electrons. The van der Waals surface area contributed by atoms with Crippen molar-refractivity contribution in [2.24, 2.45) is 0 Å². The lowest BCUT2D eigenvalue weighted by molar-refractivity contribution is -0.302. The Bertz CT molecular complexity index is 1610. The van der Waals surface area contributed by atoms with Gasteiger partial charge in [-0.15, -0.1) is 0 Å². The van der Waals surface area contributed by atoms with Crippen molar-refractivity contribution >= 4 is 5.91 Å². The first kappa shape index (κ1) is 65.1. The maximum Gasteiger partial charge on any atom is 0.220 e. The van der Waals surface area contributed by atoms with E-state index in [2.05, 4.69) is 165 Å². The monoisotopic (exact) mass is 986 g/mol. The van der Waals surface area contributed by atoms with E-state index in [0.29, 0.717) is 12.8 Å². The third kappa shape index (κ3) is 39.3. The lowest BCUT2D eigenvalue weighted by Crippen LogP contribution is -2.60. The van der Waals surface area contributed by atoms with E-state index < -0.39 is 49.5 Å². The fourth-order valence-electron chi connectivity index (χ4n) is 7.61. The second kappa shape index (κ2) is 49.6. The first-order chi connectivity index (χ1) is 34.8. The first-order valence-corrected chi connectivity index (χ1v) is 27.5. The van der Waals surface area contributed by atoms with Crippen LogP contribution in [-0.4, -0.2) is 87.5 Å². The summed E-state index contributed by atoms with van der Waals surface area (Å²) >= 11 is 0. The van der Waals surface area contributed by atoms with Gasteiger partial charge < -0.3 is 40.3 Å². The third-order valence-electron chi connectivity index (χ3n) is 12.0. The molecule has 1 rings (SSSR count). The lowest BCUT2D eigenvalue weighted by atomic mass is 9.99. The van der Waals surface area contributed by atoms with Crippen molar-refractivity contribution in [1.82, 2.24) is 5.32 Å². The van der Waals surface area contributed by atoms with Gasteiger partial charge in [-0.1, -0.05) is 217 Å². The summed E-state index contributed by atoms with van der Waals surface area (Å²) < 4.78 is 11.2. The summed E-state index contributed by atoms with van der Waals surface area (Å²) in [5.74, 6) is -0.180. The highest BCUT2D eigenvalue weighted by Gasteiger charge is 2.44. The van der Waals surface area contributed by atoms with Crippen molar-refractivity contribution in [1.29, 1.82) is 0 Å². The van der Waals surface area contributed by atoms with Crippen LogP contribution < -0.4 is 5.32 Å². The molecule has 0 aromatic carbocycles. The fraction of sp³-hybridized carbons (Fsp3) is 0.597. The summed E-state index contributed by atoms with van der Waals surface area (Å²) in [4.78, 5) is 12.9. The number of aliphatic hydroxyl groups is 5. The first-order valence-electron chi connectivity index (χ1n) is 27.5. The zero-order valence-electron chi connectivity index (χ0n) is 44.2. The molecule has 1 aliphatic rings. The van der Waals surface area contributed by atoms with E-state index in [9.17, 15) is 30.3 Å². The van der Waals surface area contributed by atoms with Crippen LogP contribution in [0.25, 0.3) is 0 Å². The predicted molar refractivity (Wildman–Crippen MR) is 299 cm³/mol. The highest BCUT2D eigenvalue weighted by molar-refractivity contribution is 5.76. The van der Waals surface area contributed by atoms with E-state index in [1.165, 1.54) is 25.7 Å². The Balaban J connectivity index is 2.13. The topological polar surface area (TPSA) is 149 Å². The largest absolute Gasteiger partial charge is 0.394 e. The number of ether oxygens (including phenoxy) is 2.